The van der Waals surface area contributed by atoms with E-state index in [0.717, 1.165) is 3.97 Å². The summed E-state index contributed by atoms with van der Waals surface area (Å²) in [6.45, 7) is 0. The van der Waals surface area contributed by atoms with Gasteiger partial charge in [0.25, 0.3) is 10.0 Å². The van der Waals surface area contributed by atoms with Crippen molar-refractivity contribution in [2.45, 2.75) is 11.3 Å². The number of primary sulfonamides is 1. The summed E-state index contributed by atoms with van der Waals surface area (Å²) in [5.74, 6) is -0.645. The molecule has 0 unspecified atom stereocenters. The summed E-state index contributed by atoms with van der Waals surface area (Å²) < 4.78 is 69.9. The Labute approximate surface area is 194 Å². The number of hydrogen-bond donors (Lipinski definition) is 1. The van der Waals surface area contributed by atoms with E-state index in [9.17, 15) is 21.2 Å². The van der Waals surface area contributed by atoms with Crippen LogP contribution < -0.4 is 5.14 Å². The van der Waals surface area contributed by atoms with Crippen molar-refractivity contribution in [2.24, 2.45) is 5.14 Å². The van der Waals surface area contributed by atoms with Gasteiger partial charge in [0, 0.05) is 23.6 Å². The summed E-state index contributed by atoms with van der Waals surface area (Å²) in [6.07, 6.45) is 1.48. The van der Waals surface area contributed by atoms with Crippen molar-refractivity contribution < 1.29 is 25.6 Å². The standard InChI is InChI=1S/C23H18FN3O5S2/c24-16-7-8-18-19(14-27(21(18)13-16)34(30,31)17-4-2-1-3-5-17)15-6-9-22-20(12-15)26-23(32-22)10-11-33(25,28)29/h1-9,12-14H,10-11H2,(H2,25,28,29). The fourth-order valence-electron chi connectivity index (χ4n) is 3.79. The van der Waals surface area contributed by atoms with E-state index in [-0.39, 0.29) is 28.5 Å². The second-order valence-corrected chi connectivity index (χ2v) is 11.3. The lowest BCUT2D eigenvalue weighted by molar-refractivity contribution is 0.533. The van der Waals surface area contributed by atoms with E-state index >= 15 is 0 Å². The molecule has 174 valence electrons. The van der Waals surface area contributed by atoms with E-state index in [1.54, 1.807) is 36.4 Å². The molecule has 2 heterocycles. The van der Waals surface area contributed by atoms with Crippen molar-refractivity contribution in [1.82, 2.24) is 8.96 Å². The number of benzene rings is 3. The number of halogens is 1. The van der Waals surface area contributed by atoms with Gasteiger partial charge in [0.1, 0.15) is 11.3 Å². The zero-order valence-corrected chi connectivity index (χ0v) is 19.2. The Balaban J connectivity index is 1.64. The lowest BCUT2D eigenvalue weighted by Gasteiger charge is -2.07. The van der Waals surface area contributed by atoms with Crippen LogP contribution in [0.2, 0.25) is 0 Å². The summed E-state index contributed by atoms with van der Waals surface area (Å²) in [6, 6.07) is 17.0. The maximum absolute atomic E-state index is 14.1. The molecule has 0 atom stereocenters. The SMILES string of the molecule is NS(=O)(=O)CCc1nc2cc(-c3cn(S(=O)(=O)c4ccccc4)c4cc(F)ccc34)ccc2o1. The maximum atomic E-state index is 14.1. The number of rotatable bonds is 6. The highest BCUT2D eigenvalue weighted by Gasteiger charge is 2.22. The van der Waals surface area contributed by atoms with Gasteiger partial charge in [-0.1, -0.05) is 24.3 Å². The van der Waals surface area contributed by atoms with Gasteiger partial charge >= 0.3 is 0 Å². The predicted molar refractivity (Wildman–Crippen MR) is 126 cm³/mol. The first kappa shape index (κ1) is 22.3. The Bertz CT molecular complexity index is 1760. The van der Waals surface area contributed by atoms with Crippen LogP contribution in [0.3, 0.4) is 0 Å². The number of sulfonamides is 1. The smallest absolute Gasteiger partial charge is 0.268 e. The first-order valence-corrected chi connectivity index (χ1v) is 13.3. The van der Waals surface area contributed by atoms with E-state index in [0.29, 0.717) is 27.6 Å². The van der Waals surface area contributed by atoms with Crippen molar-refractivity contribution in [3.63, 3.8) is 0 Å². The van der Waals surface area contributed by atoms with Crippen LogP contribution in [0.15, 0.2) is 82.2 Å². The van der Waals surface area contributed by atoms with E-state index in [1.165, 1.54) is 36.5 Å². The van der Waals surface area contributed by atoms with Crippen LogP contribution in [-0.4, -0.2) is 31.5 Å². The molecule has 5 rings (SSSR count). The van der Waals surface area contributed by atoms with Crippen LogP contribution in [0.1, 0.15) is 5.89 Å². The molecule has 0 bridgehead atoms. The normalized spacial score (nSPS) is 12.5. The third-order valence-corrected chi connectivity index (χ3v) is 7.84. The van der Waals surface area contributed by atoms with Crippen LogP contribution >= 0.6 is 0 Å². The molecule has 2 N–H and O–H groups in total. The number of nitrogens with zero attached hydrogens (tertiary/aromatic N) is 2. The molecular weight excluding hydrogens is 481 g/mol. The second-order valence-electron chi connectivity index (χ2n) is 7.73. The molecule has 3 aromatic carbocycles. The molecule has 0 spiro atoms. The van der Waals surface area contributed by atoms with Gasteiger partial charge in [-0.15, -0.1) is 0 Å². The molecule has 0 aliphatic rings. The molecule has 34 heavy (non-hydrogen) atoms. The molecule has 5 aromatic rings. The summed E-state index contributed by atoms with van der Waals surface area (Å²) in [5.41, 5.74) is 2.31. The predicted octanol–water partition coefficient (Wildman–Crippen LogP) is 3.66. The van der Waals surface area contributed by atoms with Gasteiger partial charge in [0.05, 0.1) is 16.2 Å². The van der Waals surface area contributed by atoms with Crippen LogP contribution in [-0.2, 0) is 26.5 Å². The molecule has 0 fully saturated rings. The Hall–Kier alpha value is -3.54. The number of aromatic nitrogens is 2. The first-order chi connectivity index (χ1) is 16.1. The van der Waals surface area contributed by atoms with Crippen LogP contribution in [0.5, 0.6) is 0 Å². The van der Waals surface area contributed by atoms with Crippen molar-refractivity contribution >= 4 is 42.0 Å². The van der Waals surface area contributed by atoms with Gasteiger partial charge in [-0.3, -0.25) is 0 Å². The van der Waals surface area contributed by atoms with E-state index in [2.05, 4.69) is 4.98 Å². The summed E-state index contributed by atoms with van der Waals surface area (Å²) >= 11 is 0. The van der Waals surface area contributed by atoms with Gasteiger partial charge in [0.2, 0.25) is 10.0 Å². The monoisotopic (exact) mass is 499 g/mol. The minimum absolute atomic E-state index is 0.0246. The molecule has 2 aromatic heterocycles. The zero-order chi connectivity index (χ0) is 24.1. The van der Waals surface area contributed by atoms with Crippen molar-refractivity contribution in [3.8, 4) is 11.1 Å². The van der Waals surface area contributed by atoms with Gasteiger partial charge in [-0.2, -0.15) is 0 Å². The quantitative estimate of drug-likeness (QED) is 0.380. The van der Waals surface area contributed by atoms with Gasteiger partial charge in [-0.05, 0) is 48.0 Å². The van der Waals surface area contributed by atoms with Crippen molar-refractivity contribution in [2.75, 3.05) is 5.75 Å². The Morgan fingerprint density at radius 2 is 1.74 bits per heavy atom. The molecule has 0 saturated heterocycles. The van der Waals surface area contributed by atoms with Gasteiger partial charge < -0.3 is 4.42 Å². The molecule has 11 heteroatoms. The molecule has 0 amide bonds. The number of oxazole rings is 1. The van der Waals surface area contributed by atoms with E-state index < -0.39 is 25.9 Å². The van der Waals surface area contributed by atoms with Crippen LogP contribution in [0, 0.1) is 5.82 Å². The summed E-state index contributed by atoms with van der Waals surface area (Å²) in [5, 5.41) is 5.59. The highest BCUT2D eigenvalue weighted by molar-refractivity contribution is 7.90. The Morgan fingerprint density at radius 1 is 0.971 bits per heavy atom. The summed E-state index contributed by atoms with van der Waals surface area (Å²) in [7, 11) is -7.65. The van der Waals surface area contributed by atoms with Crippen molar-refractivity contribution in [3.05, 3.63) is 84.6 Å². The molecular formula is C23H18FN3O5S2. The first-order valence-electron chi connectivity index (χ1n) is 10.1. The Kier molecular flexibility index (Phi) is 5.27. The minimum Gasteiger partial charge on any atom is -0.441 e. The zero-order valence-electron chi connectivity index (χ0n) is 17.5. The topological polar surface area (TPSA) is 125 Å². The van der Waals surface area contributed by atoms with E-state index in [4.69, 9.17) is 9.56 Å². The van der Waals surface area contributed by atoms with Crippen LogP contribution in [0.4, 0.5) is 4.39 Å². The fraction of sp³-hybridized carbons (Fsp3) is 0.0870. The van der Waals surface area contributed by atoms with E-state index in [1.807, 2.05) is 0 Å². The number of hydrogen-bond acceptors (Lipinski definition) is 6. The van der Waals surface area contributed by atoms with Gasteiger partial charge in [0.15, 0.2) is 11.5 Å². The largest absolute Gasteiger partial charge is 0.441 e. The molecule has 0 saturated carbocycles. The maximum Gasteiger partial charge on any atom is 0.268 e. The Morgan fingerprint density at radius 3 is 2.47 bits per heavy atom. The number of aryl methyl sites for hydroxylation is 1. The average molecular weight is 500 g/mol. The lowest BCUT2D eigenvalue weighted by Crippen LogP contribution is -2.18. The minimum atomic E-state index is -3.98. The second kappa shape index (κ2) is 8.05. The fourth-order valence-corrected chi connectivity index (χ4v) is 5.63. The van der Waals surface area contributed by atoms with Gasteiger partial charge in [-0.25, -0.2) is 35.3 Å². The number of fused-ring (bicyclic) bond motifs is 2. The number of nitrogens with two attached hydrogens (primary N) is 1. The third-order valence-electron chi connectivity index (χ3n) is 5.38. The lowest BCUT2D eigenvalue weighted by atomic mass is 10.0. The molecule has 0 aliphatic carbocycles. The average Bonchev–Trinajstić information content (AvgIpc) is 3.38. The third kappa shape index (κ3) is 4.09. The molecule has 0 radical (unpaired) electrons. The van der Waals surface area contributed by atoms with Crippen LogP contribution in [0.25, 0.3) is 33.1 Å². The molecule has 8 nitrogen and oxygen atoms in total. The summed E-state index contributed by atoms with van der Waals surface area (Å²) in [4.78, 5) is 4.41. The molecule has 0 aliphatic heterocycles. The highest BCUT2D eigenvalue weighted by atomic mass is 32.2. The highest BCUT2D eigenvalue weighted by Crippen LogP contribution is 2.35. The van der Waals surface area contributed by atoms with Crippen molar-refractivity contribution in [1.29, 1.82) is 0 Å².